The van der Waals surface area contributed by atoms with Crippen molar-refractivity contribution in [2.24, 2.45) is 0 Å². The Bertz CT molecular complexity index is 665. The molecule has 0 fully saturated rings. The summed E-state index contributed by atoms with van der Waals surface area (Å²) in [5.74, 6) is -0.680. The van der Waals surface area contributed by atoms with Crippen LogP contribution >= 0.6 is 46.4 Å². The molecule has 0 unspecified atom stereocenters. The van der Waals surface area contributed by atoms with Crippen molar-refractivity contribution in [2.75, 3.05) is 5.32 Å². The molecular formula is C13H7Cl4NO2. The van der Waals surface area contributed by atoms with Crippen LogP contribution in [0.3, 0.4) is 0 Å². The molecule has 2 N–H and O–H groups in total. The lowest BCUT2D eigenvalue weighted by Gasteiger charge is -2.09. The summed E-state index contributed by atoms with van der Waals surface area (Å²) in [7, 11) is 0. The maximum Gasteiger partial charge on any atom is 0.257 e. The number of rotatable bonds is 2. The number of anilines is 1. The summed E-state index contributed by atoms with van der Waals surface area (Å²) in [4.78, 5) is 12.1. The van der Waals surface area contributed by atoms with Gasteiger partial charge in [-0.2, -0.15) is 0 Å². The summed E-state index contributed by atoms with van der Waals surface area (Å²) in [6.07, 6.45) is 0. The highest BCUT2D eigenvalue weighted by molar-refractivity contribution is 6.38. The van der Waals surface area contributed by atoms with Crippen molar-refractivity contribution >= 4 is 58.0 Å². The van der Waals surface area contributed by atoms with Gasteiger partial charge in [-0.15, -0.1) is 0 Å². The Morgan fingerprint density at radius 2 is 1.55 bits per heavy atom. The number of aromatic hydroxyl groups is 1. The Morgan fingerprint density at radius 1 is 0.950 bits per heavy atom. The molecule has 2 rings (SSSR count). The quantitative estimate of drug-likeness (QED) is 0.726. The Labute approximate surface area is 135 Å². The highest BCUT2D eigenvalue weighted by atomic mass is 35.5. The van der Waals surface area contributed by atoms with Crippen LogP contribution in [0.4, 0.5) is 5.69 Å². The second-order valence-electron chi connectivity index (χ2n) is 3.87. The van der Waals surface area contributed by atoms with Crippen molar-refractivity contribution in [3.63, 3.8) is 0 Å². The fourth-order valence-corrected chi connectivity index (χ4v) is 2.49. The second kappa shape index (κ2) is 6.10. The van der Waals surface area contributed by atoms with Gasteiger partial charge in [-0.1, -0.05) is 46.4 Å². The molecule has 0 saturated carbocycles. The number of halogens is 4. The highest BCUT2D eigenvalue weighted by Crippen LogP contribution is 2.35. The van der Waals surface area contributed by atoms with E-state index in [0.717, 1.165) is 0 Å². The molecule has 7 heteroatoms. The normalized spacial score (nSPS) is 10.4. The standard InChI is InChI=1S/C13H7Cl4NO2/c14-6-1-2-8(9(15)3-6)13(20)18-7-4-10(16)12(19)11(17)5-7/h1-5,19H,(H,18,20). The van der Waals surface area contributed by atoms with Gasteiger partial charge >= 0.3 is 0 Å². The van der Waals surface area contributed by atoms with Crippen molar-refractivity contribution in [1.82, 2.24) is 0 Å². The van der Waals surface area contributed by atoms with Gasteiger partial charge in [0.2, 0.25) is 0 Å². The van der Waals surface area contributed by atoms with E-state index in [1.165, 1.54) is 24.3 Å². The number of nitrogens with one attached hydrogen (secondary N) is 1. The lowest BCUT2D eigenvalue weighted by Crippen LogP contribution is -2.12. The average molecular weight is 351 g/mol. The minimum absolute atomic E-state index is 0.0370. The van der Waals surface area contributed by atoms with Crippen molar-refractivity contribution in [3.8, 4) is 5.75 Å². The van der Waals surface area contributed by atoms with Gasteiger partial charge in [0, 0.05) is 10.7 Å². The van der Waals surface area contributed by atoms with Crippen LogP contribution in [-0.4, -0.2) is 11.0 Å². The third-order valence-corrected chi connectivity index (χ3v) is 3.57. The summed E-state index contributed by atoms with van der Waals surface area (Å²) < 4.78 is 0. The van der Waals surface area contributed by atoms with Crippen LogP contribution < -0.4 is 5.32 Å². The van der Waals surface area contributed by atoms with Crippen molar-refractivity contribution < 1.29 is 9.90 Å². The van der Waals surface area contributed by atoms with Crippen molar-refractivity contribution in [3.05, 3.63) is 56.0 Å². The summed E-state index contributed by atoms with van der Waals surface area (Å²) in [6.45, 7) is 0. The van der Waals surface area contributed by atoms with Crippen LogP contribution in [0, 0.1) is 0 Å². The topological polar surface area (TPSA) is 49.3 Å². The molecule has 3 nitrogen and oxygen atoms in total. The Morgan fingerprint density at radius 3 is 2.10 bits per heavy atom. The number of phenols is 1. The van der Waals surface area contributed by atoms with Gasteiger partial charge in [0.15, 0.2) is 5.75 Å². The first-order valence-corrected chi connectivity index (χ1v) is 6.84. The molecule has 1 amide bonds. The molecule has 0 atom stereocenters. The zero-order valence-corrected chi connectivity index (χ0v) is 12.8. The van der Waals surface area contributed by atoms with E-state index in [1.54, 1.807) is 6.07 Å². The fourth-order valence-electron chi connectivity index (χ4n) is 1.51. The van der Waals surface area contributed by atoms with Gasteiger partial charge in [-0.3, -0.25) is 4.79 Å². The number of amides is 1. The SMILES string of the molecule is O=C(Nc1cc(Cl)c(O)c(Cl)c1)c1ccc(Cl)cc1Cl. The number of carbonyl (C=O) groups excluding carboxylic acids is 1. The molecule has 0 heterocycles. The number of phenolic OH excluding ortho intramolecular Hbond substituents is 1. The fraction of sp³-hybridized carbons (Fsp3) is 0. The van der Waals surface area contributed by atoms with E-state index in [9.17, 15) is 9.90 Å². The van der Waals surface area contributed by atoms with Crippen molar-refractivity contribution in [1.29, 1.82) is 0 Å². The Hall–Kier alpha value is -1.13. The van der Waals surface area contributed by atoms with E-state index in [0.29, 0.717) is 10.7 Å². The zero-order chi connectivity index (χ0) is 14.9. The molecule has 0 aromatic heterocycles. The largest absolute Gasteiger partial charge is 0.505 e. The van der Waals surface area contributed by atoms with Crippen LogP contribution in [0.1, 0.15) is 10.4 Å². The van der Waals surface area contributed by atoms with E-state index in [2.05, 4.69) is 5.32 Å². The average Bonchev–Trinajstić information content (AvgIpc) is 2.35. The van der Waals surface area contributed by atoms with Crippen LogP contribution in [0.5, 0.6) is 5.75 Å². The first kappa shape index (κ1) is 15.3. The molecule has 0 aliphatic rings. The molecule has 0 saturated heterocycles. The summed E-state index contributed by atoms with van der Waals surface area (Å²) in [5, 5.41) is 12.8. The van der Waals surface area contributed by atoms with Gasteiger partial charge in [0.25, 0.3) is 5.91 Å². The summed E-state index contributed by atoms with van der Waals surface area (Å²) >= 11 is 23.2. The van der Waals surface area contributed by atoms with Crippen molar-refractivity contribution in [2.45, 2.75) is 0 Å². The predicted molar refractivity (Wildman–Crippen MR) is 82.5 cm³/mol. The molecule has 20 heavy (non-hydrogen) atoms. The van der Waals surface area contributed by atoms with Gasteiger partial charge < -0.3 is 10.4 Å². The molecule has 0 radical (unpaired) electrons. The number of hydrogen-bond donors (Lipinski definition) is 2. The predicted octanol–water partition coefficient (Wildman–Crippen LogP) is 5.26. The molecule has 2 aromatic rings. The van der Waals surface area contributed by atoms with E-state index in [1.807, 2.05) is 0 Å². The lowest BCUT2D eigenvalue weighted by atomic mass is 10.2. The number of carbonyl (C=O) groups is 1. The van der Waals surface area contributed by atoms with Gasteiger partial charge in [-0.05, 0) is 30.3 Å². The molecule has 2 aromatic carbocycles. The molecular weight excluding hydrogens is 344 g/mol. The van der Waals surface area contributed by atoms with Crippen LogP contribution in [0.15, 0.2) is 30.3 Å². The van der Waals surface area contributed by atoms with E-state index < -0.39 is 5.91 Å². The third-order valence-electron chi connectivity index (χ3n) is 2.45. The lowest BCUT2D eigenvalue weighted by molar-refractivity contribution is 0.102. The third kappa shape index (κ3) is 3.30. The first-order valence-electron chi connectivity index (χ1n) is 5.33. The zero-order valence-electron chi connectivity index (χ0n) is 9.75. The second-order valence-corrected chi connectivity index (χ2v) is 5.52. The first-order chi connectivity index (χ1) is 9.38. The van der Waals surface area contributed by atoms with E-state index in [4.69, 9.17) is 46.4 Å². The number of benzene rings is 2. The smallest absolute Gasteiger partial charge is 0.257 e. The molecule has 0 bridgehead atoms. The molecule has 0 aliphatic carbocycles. The van der Waals surface area contributed by atoms with E-state index in [-0.39, 0.29) is 26.4 Å². The molecule has 0 spiro atoms. The van der Waals surface area contributed by atoms with Gasteiger partial charge in [-0.25, -0.2) is 0 Å². The maximum absolute atomic E-state index is 12.1. The summed E-state index contributed by atoms with van der Waals surface area (Å²) in [5.41, 5.74) is 0.602. The minimum Gasteiger partial charge on any atom is -0.505 e. The van der Waals surface area contributed by atoms with Gasteiger partial charge in [0.1, 0.15) is 0 Å². The van der Waals surface area contributed by atoms with Crippen LogP contribution in [0.2, 0.25) is 20.1 Å². The minimum atomic E-state index is -0.440. The maximum atomic E-state index is 12.1. The monoisotopic (exact) mass is 349 g/mol. The van der Waals surface area contributed by atoms with E-state index >= 15 is 0 Å². The molecule has 104 valence electrons. The Kier molecular flexibility index (Phi) is 4.66. The summed E-state index contributed by atoms with van der Waals surface area (Å²) in [6, 6.07) is 7.28. The number of hydrogen-bond acceptors (Lipinski definition) is 2. The Balaban J connectivity index is 2.28. The van der Waals surface area contributed by atoms with Gasteiger partial charge in [0.05, 0.1) is 20.6 Å². The van der Waals surface area contributed by atoms with Crippen LogP contribution in [0.25, 0.3) is 0 Å². The van der Waals surface area contributed by atoms with Crippen LogP contribution in [-0.2, 0) is 0 Å². The highest BCUT2D eigenvalue weighted by Gasteiger charge is 2.13. The molecule has 0 aliphatic heterocycles.